The van der Waals surface area contributed by atoms with Crippen molar-refractivity contribution in [1.82, 2.24) is 4.57 Å². The Kier molecular flexibility index (Phi) is 2.75. The predicted octanol–water partition coefficient (Wildman–Crippen LogP) is 2.15. The Labute approximate surface area is 99.8 Å². The number of benzene rings is 1. The monoisotopic (exact) mass is 227 g/mol. The summed E-state index contributed by atoms with van der Waals surface area (Å²) in [5.41, 5.74) is 8.78. The van der Waals surface area contributed by atoms with Crippen LogP contribution in [0.1, 0.15) is 5.69 Å². The number of nitrogens with zero attached hydrogens (tertiary/aromatic N) is 2. The summed E-state index contributed by atoms with van der Waals surface area (Å²) in [6.07, 6.45) is 1.86. The molecule has 0 radical (unpaired) electrons. The summed E-state index contributed by atoms with van der Waals surface area (Å²) < 4.78 is 6.83. The van der Waals surface area contributed by atoms with Crippen molar-refractivity contribution in [1.29, 1.82) is 5.26 Å². The van der Waals surface area contributed by atoms with Crippen LogP contribution in [0.25, 0.3) is 11.1 Å². The summed E-state index contributed by atoms with van der Waals surface area (Å²) >= 11 is 0. The number of rotatable bonds is 2. The second kappa shape index (κ2) is 4.22. The fourth-order valence-corrected chi connectivity index (χ4v) is 1.79. The molecule has 0 spiro atoms. The van der Waals surface area contributed by atoms with Gasteiger partial charge in [0.25, 0.3) is 0 Å². The highest BCUT2D eigenvalue weighted by Gasteiger charge is 2.12. The first kappa shape index (κ1) is 11.1. The molecule has 0 saturated carbocycles. The van der Waals surface area contributed by atoms with E-state index >= 15 is 0 Å². The molecule has 1 aromatic carbocycles. The minimum atomic E-state index is 0.482. The number of ether oxygens (including phenoxy) is 1. The van der Waals surface area contributed by atoms with E-state index in [9.17, 15) is 0 Å². The fraction of sp³-hybridized carbons (Fsp3) is 0.154. The highest BCUT2D eigenvalue weighted by Crippen LogP contribution is 2.30. The van der Waals surface area contributed by atoms with Gasteiger partial charge in [-0.25, -0.2) is 0 Å². The number of anilines is 1. The van der Waals surface area contributed by atoms with Crippen LogP contribution in [0.3, 0.4) is 0 Å². The molecule has 2 N–H and O–H groups in total. The Balaban J connectivity index is 2.50. The molecule has 86 valence electrons. The van der Waals surface area contributed by atoms with Gasteiger partial charge in [-0.2, -0.15) is 5.26 Å². The van der Waals surface area contributed by atoms with Crippen LogP contribution < -0.4 is 10.5 Å². The minimum absolute atomic E-state index is 0.482. The highest BCUT2D eigenvalue weighted by atomic mass is 16.5. The van der Waals surface area contributed by atoms with Gasteiger partial charge in [0.1, 0.15) is 17.5 Å². The first-order chi connectivity index (χ1) is 8.17. The zero-order valence-corrected chi connectivity index (χ0v) is 9.77. The van der Waals surface area contributed by atoms with Crippen LogP contribution in [0.5, 0.6) is 5.75 Å². The van der Waals surface area contributed by atoms with Crippen molar-refractivity contribution in [2.75, 3.05) is 12.8 Å². The fourth-order valence-electron chi connectivity index (χ4n) is 1.79. The molecule has 0 amide bonds. The zero-order valence-electron chi connectivity index (χ0n) is 9.77. The van der Waals surface area contributed by atoms with E-state index in [-0.39, 0.29) is 0 Å². The number of aryl methyl sites for hydroxylation is 1. The minimum Gasteiger partial charge on any atom is -0.497 e. The van der Waals surface area contributed by atoms with Gasteiger partial charge in [0.05, 0.1) is 12.8 Å². The van der Waals surface area contributed by atoms with E-state index in [0.29, 0.717) is 11.4 Å². The maximum atomic E-state index is 8.97. The van der Waals surface area contributed by atoms with Crippen molar-refractivity contribution in [2.45, 2.75) is 0 Å². The van der Waals surface area contributed by atoms with Crippen molar-refractivity contribution >= 4 is 5.69 Å². The third-order valence-electron chi connectivity index (χ3n) is 2.73. The highest BCUT2D eigenvalue weighted by molar-refractivity contribution is 5.80. The lowest BCUT2D eigenvalue weighted by atomic mass is 10.1. The molecule has 0 aliphatic carbocycles. The van der Waals surface area contributed by atoms with Crippen LogP contribution in [0.2, 0.25) is 0 Å². The van der Waals surface area contributed by atoms with Crippen molar-refractivity contribution in [3.05, 3.63) is 36.2 Å². The number of methoxy groups -OCH3 is 1. The molecule has 0 atom stereocenters. The van der Waals surface area contributed by atoms with Crippen molar-refractivity contribution in [3.8, 4) is 22.9 Å². The third kappa shape index (κ3) is 1.83. The molecule has 1 heterocycles. The van der Waals surface area contributed by atoms with E-state index in [1.807, 2.05) is 37.5 Å². The molecule has 17 heavy (non-hydrogen) atoms. The smallest absolute Gasteiger partial charge is 0.143 e. The Hall–Kier alpha value is -2.41. The van der Waals surface area contributed by atoms with Crippen molar-refractivity contribution in [3.63, 3.8) is 0 Å². The topological polar surface area (TPSA) is 64.0 Å². The van der Waals surface area contributed by atoms with E-state index in [4.69, 9.17) is 15.7 Å². The summed E-state index contributed by atoms with van der Waals surface area (Å²) in [6.45, 7) is 0. The van der Waals surface area contributed by atoms with Crippen LogP contribution in [0.4, 0.5) is 5.69 Å². The number of nitriles is 1. The largest absolute Gasteiger partial charge is 0.497 e. The first-order valence-electron chi connectivity index (χ1n) is 5.16. The van der Waals surface area contributed by atoms with Crippen LogP contribution in [0, 0.1) is 11.3 Å². The summed E-state index contributed by atoms with van der Waals surface area (Å²) in [5.74, 6) is 0.795. The second-order valence-electron chi connectivity index (χ2n) is 3.76. The molecule has 0 unspecified atom stereocenters. The van der Waals surface area contributed by atoms with Crippen molar-refractivity contribution < 1.29 is 4.74 Å². The normalized spacial score (nSPS) is 9.94. The molecule has 0 fully saturated rings. The Morgan fingerprint density at radius 1 is 1.29 bits per heavy atom. The average molecular weight is 227 g/mol. The average Bonchev–Trinajstić information content (AvgIpc) is 2.64. The molecule has 4 heteroatoms. The predicted molar refractivity (Wildman–Crippen MR) is 66.5 cm³/mol. The van der Waals surface area contributed by atoms with E-state index < -0.39 is 0 Å². The Morgan fingerprint density at radius 3 is 2.41 bits per heavy atom. The van der Waals surface area contributed by atoms with Gasteiger partial charge in [0.2, 0.25) is 0 Å². The van der Waals surface area contributed by atoms with Gasteiger partial charge in [-0.05, 0) is 17.7 Å². The second-order valence-corrected chi connectivity index (χ2v) is 3.76. The van der Waals surface area contributed by atoms with E-state index in [0.717, 1.165) is 16.9 Å². The molecule has 0 aliphatic rings. The molecule has 0 saturated heterocycles. The van der Waals surface area contributed by atoms with Gasteiger partial charge in [-0.1, -0.05) is 12.1 Å². The maximum absolute atomic E-state index is 8.97. The Morgan fingerprint density at radius 2 is 1.94 bits per heavy atom. The molecule has 0 bridgehead atoms. The molecule has 2 aromatic rings. The molecule has 1 aromatic heterocycles. The Bertz CT molecular complexity index is 576. The standard InChI is InChI=1S/C13H13N3O/c1-16-8-11(13(15)12(16)7-14)9-3-5-10(17-2)6-4-9/h3-6,8H,15H2,1-2H3. The molecular weight excluding hydrogens is 214 g/mol. The van der Waals surface area contributed by atoms with Gasteiger partial charge < -0.3 is 15.0 Å². The van der Waals surface area contributed by atoms with Gasteiger partial charge in [0.15, 0.2) is 0 Å². The SMILES string of the molecule is COc1ccc(-c2cn(C)c(C#N)c2N)cc1. The molecule has 4 nitrogen and oxygen atoms in total. The van der Waals surface area contributed by atoms with Crippen molar-refractivity contribution in [2.24, 2.45) is 7.05 Å². The lowest BCUT2D eigenvalue weighted by Gasteiger charge is -2.02. The van der Waals surface area contributed by atoms with Gasteiger partial charge in [-0.15, -0.1) is 0 Å². The number of nitrogen functional groups attached to an aromatic ring is 1. The van der Waals surface area contributed by atoms with Crippen LogP contribution in [-0.4, -0.2) is 11.7 Å². The number of hydrogen-bond donors (Lipinski definition) is 1. The molecule has 2 rings (SSSR count). The van der Waals surface area contributed by atoms with Gasteiger partial charge in [0, 0.05) is 18.8 Å². The first-order valence-corrected chi connectivity index (χ1v) is 5.16. The number of aromatic nitrogens is 1. The van der Waals surface area contributed by atoms with E-state index in [2.05, 4.69) is 6.07 Å². The summed E-state index contributed by atoms with van der Waals surface area (Å²) in [7, 11) is 3.43. The van der Waals surface area contributed by atoms with Crippen LogP contribution in [0.15, 0.2) is 30.5 Å². The number of hydrogen-bond acceptors (Lipinski definition) is 3. The summed E-state index contributed by atoms with van der Waals surface area (Å²) in [5, 5.41) is 8.97. The van der Waals surface area contributed by atoms with E-state index in [1.165, 1.54) is 0 Å². The van der Waals surface area contributed by atoms with E-state index in [1.54, 1.807) is 11.7 Å². The molecule has 0 aliphatic heterocycles. The van der Waals surface area contributed by atoms with Crippen LogP contribution in [-0.2, 0) is 7.05 Å². The zero-order chi connectivity index (χ0) is 12.4. The van der Waals surface area contributed by atoms with Gasteiger partial charge >= 0.3 is 0 Å². The third-order valence-corrected chi connectivity index (χ3v) is 2.73. The lowest BCUT2D eigenvalue weighted by molar-refractivity contribution is 0.415. The maximum Gasteiger partial charge on any atom is 0.143 e. The van der Waals surface area contributed by atoms with Gasteiger partial charge in [-0.3, -0.25) is 0 Å². The number of nitrogens with two attached hydrogens (primary N) is 1. The quantitative estimate of drug-likeness (QED) is 0.855. The lowest BCUT2D eigenvalue weighted by Crippen LogP contribution is -1.93. The summed E-state index contributed by atoms with van der Waals surface area (Å²) in [4.78, 5) is 0. The summed E-state index contributed by atoms with van der Waals surface area (Å²) in [6, 6.07) is 9.67. The van der Waals surface area contributed by atoms with Crippen LogP contribution >= 0.6 is 0 Å². The molecular formula is C13H13N3O.